The molecule has 2 aromatic carbocycles. The van der Waals surface area contributed by atoms with E-state index < -0.39 is 0 Å². The number of hydrogen-bond acceptors (Lipinski definition) is 2. The molecule has 1 aliphatic heterocycles. The van der Waals surface area contributed by atoms with Gasteiger partial charge in [-0.1, -0.05) is 48.5 Å². The molecule has 3 nitrogen and oxygen atoms in total. The number of para-hydroxylation sites is 1. The highest BCUT2D eigenvalue weighted by Gasteiger charge is 2.16. The van der Waals surface area contributed by atoms with Gasteiger partial charge in [-0.15, -0.1) is 0 Å². The molecule has 4 aromatic rings. The first kappa shape index (κ1) is 17.6. The lowest BCUT2D eigenvalue weighted by Crippen LogP contribution is -2.11. The highest BCUT2D eigenvalue weighted by molar-refractivity contribution is 6.15. The fourth-order valence-corrected chi connectivity index (χ4v) is 4.09. The summed E-state index contributed by atoms with van der Waals surface area (Å²) in [4.78, 5) is 9.12. The molecule has 0 saturated heterocycles. The molecular weight excluding hydrogens is 354 g/mol. The Labute approximate surface area is 171 Å². The van der Waals surface area contributed by atoms with Crippen LogP contribution in [0.2, 0.25) is 0 Å². The number of rotatable bonds is 4. The summed E-state index contributed by atoms with van der Waals surface area (Å²) < 4.78 is 2.35. The van der Waals surface area contributed by atoms with Crippen molar-refractivity contribution in [1.29, 1.82) is 0 Å². The maximum atomic E-state index is 4.83. The number of aromatic nitrogens is 2. The number of hydrogen-bond donors (Lipinski definition) is 0. The van der Waals surface area contributed by atoms with Crippen LogP contribution >= 0.6 is 0 Å². The van der Waals surface area contributed by atoms with Crippen LogP contribution in [0.4, 0.5) is 0 Å². The second-order valence-electron chi connectivity index (χ2n) is 7.46. The largest absolute Gasteiger partial charge is 0.342 e. The molecule has 2 aromatic heterocycles. The zero-order valence-corrected chi connectivity index (χ0v) is 16.3. The van der Waals surface area contributed by atoms with Crippen molar-refractivity contribution < 1.29 is 0 Å². The summed E-state index contributed by atoms with van der Waals surface area (Å²) in [7, 11) is 0. The van der Waals surface area contributed by atoms with Crippen LogP contribution in [-0.2, 0) is 6.54 Å². The van der Waals surface area contributed by atoms with Gasteiger partial charge in [0, 0.05) is 53.7 Å². The predicted molar refractivity (Wildman–Crippen MR) is 120 cm³/mol. The molecule has 0 amide bonds. The summed E-state index contributed by atoms with van der Waals surface area (Å²) in [5.74, 6) is 0. The van der Waals surface area contributed by atoms with Crippen molar-refractivity contribution in [2.75, 3.05) is 6.54 Å². The third kappa shape index (κ3) is 3.64. The Hall–Kier alpha value is -3.46. The first-order valence-electron chi connectivity index (χ1n) is 10.2. The minimum atomic E-state index is 0.869. The molecule has 0 unspecified atom stereocenters. The Morgan fingerprint density at radius 2 is 1.79 bits per heavy atom. The van der Waals surface area contributed by atoms with E-state index in [0.29, 0.717) is 0 Å². The second kappa shape index (κ2) is 7.88. The SMILES string of the molecule is C(=C1/CCCN=C1c1cccnc1)/c1cn(Cc2ccccc2)c2ccccc12. The van der Waals surface area contributed by atoms with Crippen LogP contribution < -0.4 is 0 Å². The van der Waals surface area contributed by atoms with E-state index in [2.05, 4.69) is 82.5 Å². The summed E-state index contributed by atoms with van der Waals surface area (Å²) in [6.07, 6.45) is 10.5. The summed E-state index contributed by atoms with van der Waals surface area (Å²) in [6.45, 7) is 1.76. The van der Waals surface area contributed by atoms with Gasteiger partial charge in [0.2, 0.25) is 0 Å². The van der Waals surface area contributed by atoms with Gasteiger partial charge in [0.15, 0.2) is 0 Å². The molecule has 0 spiro atoms. The van der Waals surface area contributed by atoms with Crippen LogP contribution in [0.3, 0.4) is 0 Å². The van der Waals surface area contributed by atoms with Gasteiger partial charge in [0.1, 0.15) is 0 Å². The molecule has 29 heavy (non-hydrogen) atoms. The van der Waals surface area contributed by atoms with E-state index in [1.807, 2.05) is 18.5 Å². The molecular formula is C26H23N3. The number of pyridine rings is 1. The van der Waals surface area contributed by atoms with Gasteiger partial charge in [-0.05, 0) is 48.3 Å². The van der Waals surface area contributed by atoms with E-state index in [9.17, 15) is 0 Å². The quantitative estimate of drug-likeness (QED) is 0.445. The Morgan fingerprint density at radius 3 is 2.66 bits per heavy atom. The maximum Gasteiger partial charge on any atom is 0.0694 e. The molecule has 5 rings (SSSR count). The summed E-state index contributed by atoms with van der Waals surface area (Å²) in [5.41, 5.74) is 7.31. The van der Waals surface area contributed by atoms with E-state index >= 15 is 0 Å². The Bertz CT molecular complexity index is 1180. The Balaban J connectivity index is 1.58. The van der Waals surface area contributed by atoms with Crippen molar-refractivity contribution in [2.45, 2.75) is 19.4 Å². The van der Waals surface area contributed by atoms with Crippen molar-refractivity contribution in [3.8, 4) is 0 Å². The number of aliphatic imine (C=N–C) groups is 1. The minimum absolute atomic E-state index is 0.869. The molecule has 0 bridgehead atoms. The van der Waals surface area contributed by atoms with E-state index in [-0.39, 0.29) is 0 Å². The van der Waals surface area contributed by atoms with Crippen LogP contribution in [-0.4, -0.2) is 21.8 Å². The van der Waals surface area contributed by atoms with Gasteiger partial charge in [0.05, 0.1) is 5.71 Å². The molecule has 142 valence electrons. The highest BCUT2D eigenvalue weighted by Crippen LogP contribution is 2.28. The minimum Gasteiger partial charge on any atom is -0.342 e. The second-order valence-corrected chi connectivity index (χ2v) is 7.46. The molecule has 3 heterocycles. The standard InChI is InChI=1S/C26H23N3/c1-2-8-20(9-3-1)18-29-19-23(24-12-4-5-13-25(24)29)16-21-10-7-15-28-26(21)22-11-6-14-27-17-22/h1-6,8-9,11-14,16-17,19H,7,10,15,18H2/b21-16+. The summed E-state index contributed by atoms with van der Waals surface area (Å²) >= 11 is 0. The van der Waals surface area contributed by atoms with Gasteiger partial charge in [-0.25, -0.2) is 0 Å². The normalized spacial score (nSPS) is 15.6. The van der Waals surface area contributed by atoms with E-state index in [0.717, 1.165) is 37.2 Å². The number of allylic oxidation sites excluding steroid dienone is 1. The van der Waals surface area contributed by atoms with Crippen molar-refractivity contribution in [2.24, 2.45) is 4.99 Å². The smallest absolute Gasteiger partial charge is 0.0694 e. The zero-order valence-electron chi connectivity index (χ0n) is 16.3. The van der Waals surface area contributed by atoms with Crippen LogP contribution in [0.15, 0.2) is 95.9 Å². The molecule has 0 fully saturated rings. The van der Waals surface area contributed by atoms with Crippen LogP contribution in [0.1, 0.15) is 29.5 Å². The average molecular weight is 377 g/mol. The average Bonchev–Trinajstić information content (AvgIpc) is 3.13. The number of fused-ring (bicyclic) bond motifs is 1. The molecule has 1 aliphatic rings. The maximum absolute atomic E-state index is 4.83. The van der Waals surface area contributed by atoms with Crippen molar-refractivity contribution in [3.63, 3.8) is 0 Å². The summed E-state index contributed by atoms with van der Waals surface area (Å²) in [6, 6.07) is 23.4. The Kier molecular flexibility index (Phi) is 4.79. The Morgan fingerprint density at radius 1 is 0.931 bits per heavy atom. The fourth-order valence-electron chi connectivity index (χ4n) is 4.09. The lowest BCUT2D eigenvalue weighted by atomic mass is 9.95. The zero-order chi connectivity index (χ0) is 19.5. The van der Waals surface area contributed by atoms with E-state index in [4.69, 9.17) is 4.99 Å². The van der Waals surface area contributed by atoms with E-state index in [1.165, 1.54) is 27.6 Å². The number of nitrogens with zero attached hydrogens (tertiary/aromatic N) is 3. The van der Waals surface area contributed by atoms with Gasteiger partial charge in [0.25, 0.3) is 0 Å². The van der Waals surface area contributed by atoms with Gasteiger partial charge in [-0.3, -0.25) is 9.98 Å². The van der Waals surface area contributed by atoms with Crippen molar-refractivity contribution >= 4 is 22.7 Å². The molecule has 0 radical (unpaired) electrons. The first-order chi connectivity index (χ1) is 14.4. The fraction of sp³-hybridized carbons (Fsp3) is 0.154. The predicted octanol–water partition coefficient (Wildman–Crippen LogP) is 5.75. The van der Waals surface area contributed by atoms with Crippen molar-refractivity contribution in [3.05, 3.63) is 108 Å². The van der Waals surface area contributed by atoms with Gasteiger partial charge >= 0.3 is 0 Å². The molecule has 0 saturated carbocycles. The highest BCUT2D eigenvalue weighted by atomic mass is 15.0. The summed E-state index contributed by atoms with van der Waals surface area (Å²) in [5, 5.41) is 1.28. The van der Waals surface area contributed by atoms with Crippen LogP contribution in [0.25, 0.3) is 17.0 Å². The third-order valence-corrected chi connectivity index (χ3v) is 5.46. The third-order valence-electron chi connectivity index (χ3n) is 5.46. The van der Waals surface area contributed by atoms with Crippen LogP contribution in [0.5, 0.6) is 0 Å². The lowest BCUT2D eigenvalue weighted by Gasteiger charge is -2.16. The topological polar surface area (TPSA) is 30.2 Å². The molecule has 0 N–H and O–H groups in total. The van der Waals surface area contributed by atoms with Crippen molar-refractivity contribution in [1.82, 2.24) is 9.55 Å². The lowest BCUT2D eigenvalue weighted by molar-refractivity contribution is 0.817. The molecule has 0 atom stereocenters. The van der Waals surface area contributed by atoms with Crippen LogP contribution in [0, 0.1) is 0 Å². The molecule has 0 aliphatic carbocycles. The first-order valence-corrected chi connectivity index (χ1v) is 10.2. The monoisotopic (exact) mass is 377 g/mol. The molecule has 3 heteroatoms. The van der Waals surface area contributed by atoms with Gasteiger partial charge in [-0.2, -0.15) is 0 Å². The number of benzene rings is 2. The van der Waals surface area contributed by atoms with Gasteiger partial charge < -0.3 is 4.57 Å². The van der Waals surface area contributed by atoms with E-state index in [1.54, 1.807) is 0 Å².